The zero-order valence-electron chi connectivity index (χ0n) is 7.79. The van der Waals surface area contributed by atoms with Gasteiger partial charge in [-0.05, 0) is 19.3 Å². The summed E-state index contributed by atoms with van der Waals surface area (Å²) in [6, 6.07) is 0. The fourth-order valence-corrected chi connectivity index (χ4v) is 1.83. The first kappa shape index (κ1) is 10.0. The van der Waals surface area contributed by atoms with Crippen molar-refractivity contribution in [3.63, 3.8) is 0 Å². The molecular formula is C9H15NO3. The van der Waals surface area contributed by atoms with Crippen molar-refractivity contribution in [2.75, 3.05) is 7.11 Å². The third kappa shape index (κ3) is 2.44. The van der Waals surface area contributed by atoms with Gasteiger partial charge in [0.05, 0.1) is 13.0 Å². The van der Waals surface area contributed by atoms with E-state index in [9.17, 15) is 9.59 Å². The molecule has 4 heteroatoms. The highest BCUT2D eigenvalue weighted by Crippen LogP contribution is 2.29. The first-order valence-electron chi connectivity index (χ1n) is 4.52. The first-order chi connectivity index (χ1) is 6.15. The van der Waals surface area contributed by atoms with Gasteiger partial charge in [0.1, 0.15) is 0 Å². The molecule has 0 spiro atoms. The van der Waals surface area contributed by atoms with Crippen LogP contribution in [0.2, 0.25) is 0 Å². The van der Waals surface area contributed by atoms with E-state index >= 15 is 0 Å². The van der Waals surface area contributed by atoms with Crippen LogP contribution in [0, 0.1) is 11.8 Å². The Morgan fingerprint density at radius 3 is 2.46 bits per heavy atom. The molecule has 2 unspecified atom stereocenters. The van der Waals surface area contributed by atoms with E-state index in [1.807, 2.05) is 0 Å². The SMILES string of the molecule is COC(=O)C1CCCC(C(N)=O)C1. The molecule has 1 amide bonds. The number of hydrogen-bond acceptors (Lipinski definition) is 3. The van der Waals surface area contributed by atoms with Crippen LogP contribution in [-0.4, -0.2) is 19.0 Å². The molecule has 0 aromatic heterocycles. The molecule has 1 rings (SSSR count). The summed E-state index contributed by atoms with van der Waals surface area (Å²) in [5.74, 6) is -0.784. The van der Waals surface area contributed by atoms with Crippen LogP contribution in [0.1, 0.15) is 25.7 Å². The topological polar surface area (TPSA) is 69.4 Å². The van der Waals surface area contributed by atoms with E-state index in [2.05, 4.69) is 4.74 Å². The number of hydrogen-bond donors (Lipinski definition) is 1. The Balaban J connectivity index is 2.51. The predicted molar refractivity (Wildman–Crippen MR) is 46.7 cm³/mol. The maximum atomic E-state index is 11.2. The summed E-state index contributed by atoms with van der Waals surface area (Å²) in [5, 5.41) is 0. The average molecular weight is 185 g/mol. The van der Waals surface area contributed by atoms with Gasteiger partial charge in [-0.3, -0.25) is 9.59 Å². The average Bonchev–Trinajstić information content (AvgIpc) is 2.17. The van der Waals surface area contributed by atoms with Crippen molar-refractivity contribution >= 4 is 11.9 Å². The molecule has 1 fully saturated rings. The van der Waals surface area contributed by atoms with E-state index in [4.69, 9.17) is 5.73 Å². The van der Waals surface area contributed by atoms with Crippen molar-refractivity contribution in [2.45, 2.75) is 25.7 Å². The number of amides is 1. The van der Waals surface area contributed by atoms with E-state index in [1.165, 1.54) is 7.11 Å². The lowest BCUT2D eigenvalue weighted by Gasteiger charge is -2.24. The lowest BCUT2D eigenvalue weighted by atomic mass is 9.81. The van der Waals surface area contributed by atoms with Gasteiger partial charge >= 0.3 is 5.97 Å². The number of nitrogens with two attached hydrogens (primary N) is 1. The van der Waals surface area contributed by atoms with Gasteiger partial charge in [-0.25, -0.2) is 0 Å². The fourth-order valence-electron chi connectivity index (χ4n) is 1.83. The van der Waals surface area contributed by atoms with Gasteiger partial charge in [-0.1, -0.05) is 6.42 Å². The maximum Gasteiger partial charge on any atom is 0.308 e. The molecule has 1 aliphatic rings. The summed E-state index contributed by atoms with van der Waals surface area (Å²) in [5.41, 5.74) is 5.18. The minimum absolute atomic E-state index is 0.128. The Hall–Kier alpha value is -1.06. The van der Waals surface area contributed by atoms with Crippen LogP contribution in [0.25, 0.3) is 0 Å². The Labute approximate surface area is 77.4 Å². The molecule has 4 nitrogen and oxygen atoms in total. The van der Waals surface area contributed by atoms with Crippen molar-refractivity contribution < 1.29 is 14.3 Å². The van der Waals surface area contributed by atoms with E-state index in [-0.39, 0.29) is 23.7 Å². The smallest absolute Gasteiger partial charge is 0.308 e. The highest BCUT2D eigenvalue weighted by molar-refractivity contribution is 5.78. The molecule has 1 saturated carbocycles. The highest BCUT2D eigenvalue weighted by Gasteiger charge is 2.30. The number of esters is 1. The van der Waals surface area contributed by atoms with Crippen LogP contribution in [-0.2, 0) is 14.3 Å². The van der Waals surface area contributed by atoms with Gasteiger partial charge in [0.2, 0.25) is 5.91 Å². The van der Waals surface area contributed by atoms with Gasteiger partial charge in [0, 0.05) is 5.92 Å². The van der Waals surface area contributed by atoms with Crippen LogP contribution in [0.15, 0.2) is 0 Å². The minimum atomic E-state index is -0.298. The van der Waals surface area contributed by atoms with Gasteiger partial charge in [0.15, 0.2) is 0 Å². The molecule has 0 aromatic rings. The number of carbonyl (C=O) groups excluding carboxylic acids is 2. The van der Waals surface area contributed by atoms with Crippen molar-refractivity contribution in [1.29, 1.82) is 0 Å². The van der Waals surface area contributed by atoms with Crippen molar-refractivity contribution in [2.24, 2.45) is 17.6 Å². The molecule has 0 saturated heterocycles. The third-order valence-corrected chi connectivity index (χ3v) is 2.61. The first-order valence-corrected chi connectivity index (χ1v) is 4.52. The van der Waals surface area contributed by atoms with E-state index < -0.39 is 0 Å². The largest absolute Gasteiger partial charge is 0.469 e. The number of rotatable bonds is 2. The molecule has 0 aromatic carbocycles. The standard InChI is InChI=1S/C9H15NO3/c1-13-9(12)7-4-2-3-6(5-7)8(10)11/h6-7H,2-5H2,1H3,(H2,10,11). The maximum absolute atomic E-state index is 11.2. The second kappa shape index (κ2) is 4.25. The summed E-state index contributed by atoms with van der Waals surface area (Å²) < 4.78 is 4.63. The highest BCUT2D eigenvalue weighted by atomic mass is 16.5. The molecule has 74 valence electrons. The molecule has 2 atom stereocenters. The minimum Gasteiger partial charge on any atom is -0.469 e. The Morgan fingerprint density at radius 1 is 1.31 bits per heavy atom. The normalized spacial score (nSPS) is 28.1. The summed E-state index contributed by atoms with van der Waals surface area (Å²) >= 11 is 0. The second-order valence-corrected chi connectivity index (χ2v) is 3.49. The fraction of sp³-hybridized carbons (Fsp3) is 0.778. The van der Waals surface area contributed by atoms with E-state index in [0.717, 1.165) is 19.3 Å². The summed E-state index contributed by atoms with van der Waals surface area (Å²) in [7, 11) is 1.37. The van der Waals surface area contributed by atoms with Crippen molar-refractivity contribution in [3.05, 3.63) is 0 Å². The Bertz CT molecular complexity index is 215. The summed E-state index contributed by atoms with van der Waals surface area (Å²) in [6.07, 6.45) is 3.06. The van der Waals surface area contributed by atoms with Crippen molar-refractivity contribution in [1.82, 2.24) is 0 Å². The lowest BCUT2D eigenvalue weighted by molar-refractivity contribution is -0.147. The number of carbonyl (C=O) groups is 2. The molecule has 0 aliphatic heterocycles. The second-order valence-electron chi connectivity index (χ2n) is 3.49. The van der Waals surface area contributed by atoms with Crippen LogP contribution in [0.3, 0.4) is 0 Å². The van der Waals surface area contributed by atoms with Crippen LogP contribution in [0.4, 0.5) is 0 Å². The molecule has 0 radical (unpaired) electrons. The molecule has 0 bridgehead atoms. The Kier molecular flexibility index (Phi) is 3.28. The van der Waals surface area contributed by atoms with Crippen LogP contribution in [0.5, 0.6) is 0 Å². The third-order valence-electron chi connectivity index (χ3n) is 2.61. The lowest BCUT2D eigenvalue weighted by Crippen LogP contribution is -2.31. The number of ether oxygens (including phenoxy) is 1. The van der Waals surface area contributed by atoms with Crippen molar-refractivity contribution in [3.8, 4) is 0 Å². The Morgan fingerprint density at radius 2 is 1.92 bits per heavy atom. The summed E-state index contributed by atoms with van der Waals surface area (Å²) in [6.45, 7) is 0. The van der Waals surface area contributed by atoms with Crippen LogP contribution >= 0.6 is 0 Å². The zero-order valence-corrected chi connectivity index (χ0v) is 7.79. The van der Waals surface area contributed by atoms with Crippen LogP contribution < -0.4 is 5.73 Å². The molecule has 13 heavy (non-hydrogen) atoms. The van der Waals surface area contributed by atoms with E-state index in [1.54, 1.807) is 0 Å². The van der Waals surface area contributed by atoms with E-state index in [0.29, 0.717) is 6.42 Å². The molecule has 2 N–H and O–H groups in total. The summed E-state index contributed by atoms with van der Waals surface area (Å²) in [4.78, 5) is 22.0. The monoisotopic (exact) mass is 185 g/mol. The molecule has 0 heterocycles. The number of primary amides is 1. The van der Waals surface area contributed by atoms with Gasteiger partial charge in [-0.2, -0.15) is 0 Å². The predicted octanol–water partition coefficient (Wildman–Crippen LogP) is 0.451. The molecular weight excluding hydrogens is 170 g/mol. The molecule has 1 aliphatic carbocycles. The zero-order chi connectivity index (χ0) is 9.84. The van der Waals surface area contributed by atoms with Gasteiger partial charge < -0.3 is 10.5 Å². The number of methoxy groups -OCH3 is 1. The quantitative estimate of drug-likeness (QED) is 0.635. The van der Waals surface area contributed by atoms with Gasteiger partial charge in [0.25, 0.3) is 0 Å². The van der Waals surface area contributed by atoms with Gasteiger partial charge in [-0.15, -0.1) is 0 Å².